The molecule has 0 spiro atoms. The number of ketones is 1. The number of carbonyl (C=O) groups is 1. The lowest BCUT2D eigenvalue weighted by Gasteiger charge is -2.22. The predicted molar refractivity (Wildman–Crippen MR) is 83.5 cm³/mol. The monoisotopic (exact) mass is 292 g/mol. The summed E-state index contributed by atoms with van der Waals surface area (Å²) in [4.78, 5) is 24.8. The Morgan fingerprint density at radius 2 is 1.95 bits per heavy atom. The molecule has 0 bridgehead atoms. The molecule has 1 aromatic carbocycles. The van der Waals surface area contributed by atoms with Gasteiger partial charge in [0.25, 0.3) is 5.56 Å². The van der Waals surface area contributed by atoms with Crippen LogP contribution in [0.2, 0.25) is 0 Å². The number of fused-ring (bicyclic) bond motifs is 1. The molecule has 3 rings (SSSR count). The van der Waals surface area contributed by atoms with Gasteiger partial charge in [-0.1, -0.05) is 12.1 Å². The van der Waals surface area contributed by atoms with Gasteiger partial charge in [0.05, 0.1) is 5.69 Å². The minimum absolute atomic E-state index is 0.0109. The molecule has 0 saturated heterocycles. The first-order chi connectivity index (χ1) is 10.5. The Hall–Kier alpha value is -2.67. The molecule has 1 heterocycles. The largest absolute Gasteiger partial charge is 0.294 e. The van der Waals surface area contributed by atoms with Crippen molar-refractivity contribution < 1.29 is 4.79 Å². The van der Waals surface area contributed by atoms with Gasteiger partial charge in [0, 0.05) is 17.7 Å². The smallest absolute Gasteiger partial charge is 0.273 e. The number of hydrogen-bond acceptors (Lipinski definition) is 3. The highest BCUT2D eigenvalue weighted by molar-refractivity contribution is 5.98. The van der Waals surface area contributed by atoms with E-state index in [1.807, 2.05) is 38.1 Å². The number of nitrogens with zero attached hydrogens (tertiary/aromatic N) is 2. The summed E-state index contributed by atoms with van der Waals surface area (Å²) in [6, 6.07) is 9.12. The topological polar surface area (TPSA) is 62.9 Å². The molecule has 0 saturated carbocycles. The molecule has 0 N–H and O–H groups in total. The highest BCUT2D eigenvalue weighted by atomic mass is 16.1. The van der Waals surface area contributed by atoms with Crippen LogP contribution in [0.4, 0.5) is 0 Å². The Balaban J connectivity index is 2.43. The first-order valence-corrected chi connectivity index (χ1v) is 7.33. The van der Waals surface area contributed by atoms with Gasteiger partial charge in [-0.3, -0.25) is 14.2 Å². The van der Waals surface area contributed by atoms with Crippen LogP contribution in [0.25, 0.3) is 5.69 Å². The van der Waals surface area contributed by atoms with Crippen LogP contribution in [-0.2, 0) is 6.42 Å². The van der Waals surface area contributed by atoms with Crippen LogP contribution in [0.5, 0.6) is 0 Å². The molecule has 2 aromatic rings. The van der Waals surface area contributed by atoms with E-state index in [4.69, 9.17) is 0 Å². The molecular weight excluding hydrogens is 276 g/mol. The van der Waals surface area contributed by atoms with E-state index in [2.05, 4.69) is 0 Å². The fourth-order valence-corrected chi connectivity index (χ4v) is 3.00. The summed E-state index contributed by atoms with van der Waals surface area (Å²) in [5.41, 5.74) is 3.74. The molecule has 4 heteroatoms. The van der Waals surface area contributed by atoms with Gasteiger partial charge < -0.3 is 0 Å². The molecule has 0 aliphatic heterocycles. The number of rotatable bonds is 1. The quantitative estimate of drug-likeness (QED) is 0.812. The van der Waals surface area contributed by atoms with Gasteiger partial charge in [-0.05, 0) is 49.9 Å². The summed E-state index contributed by atoms with van der Waals surface area (Å²) >= 11 is 0. The molecule has 110 valence electrons. The zero-order valence-electron chi connectivity index (χ0n) is 12.6. The first kappa shape index (κ1) is 14.3. The Labute approximate surface area is 128 Å². The molecule has 22 heavy (non-hydrogen) atoms. The second kappa shape index (κ2) is 5.27. The van der Waals surface area contributed by atoms with Crippen molar-refractivity contribution in [2.45, 2.75) is 33.1 Å². The fraction of sp³-hybridized carbons (Fsp3) is 0.278. The standard InChI is InChI=1S/C18H16N2O2/c1-11-5-3-6-15(12(11)2)20-16-7-4-8-17(21)14(16)9-13(10-19)18(20)22/h3,5-6,9H,4,7-8H2,1-2H3. The van der Waals surface area contributed by atoms with E-state index in [0.717, 1.165) is 28.9 Å². The minimum atomic E-state index is -0.343. The normalized spacial score (nSPS) is 13.6. The molecule has 4 nitrogen and oxygen atoms in total. The Kier molecular flexibility index (Phi) is 3.42. The van der Waals surface area contributed by atoms with Crippen molar-refractivity contribution in [2.75, 3.05) is 0 Å². The van der Waals surface area contributed by atoms with Crippen molar-refractivity contribution in [3.63, 3.8) is 0 Å². The number of carbonyl (C=O) groups excluding carboxylic acids is 1. The molecule has 0 fully saturated rings. The van der Waals surface area contributed by atoms with Crippen LogP contribution in [0, 0.1) is 25.2 Å². The van der Waals surface area contributed by atoms with Crippen molar-refractivity contribution in [1.82, 2.24) is 4.57 Å². The molecule has 0 unspecified atom stereocenters. The summed E-state index contributed by atoms with van der Waals surface area (Å²) in [6.45, 7) is 3.93. The maximum absolute atomic E-state index is 12.7. The lowest BCUT2D eigenvalue weighted by molar-refractivity contribution is 0.0971. The van der Waals surface area contributed by atoms with E-state index in [9.17, 15) is 14.9 Å². The third-order valence-corrected chi connectivity index (χ3v) is 4.36. The van der Waals surface area contributed by atoms with Gasteiger partial charge in [-0.2, -0.15) is 5.26 Å². The SMILES string of the molecule is Cc1cccc(-n2c3c(cc(C#N)c2=O)C(=O)CCC3)c1C. The zero-order valence-corrected chi connectivity index (χ0v) is 12.6. The van der Waals surface area contributed by atoms with Crippen LogP contribution < -0.4 is 5.56 Å². The van der Waals surface area contributed by atoms with Gasteiger partial charge >= 0.3 is 0 Å². The van der Waals surface area contributed by atoms with Crippen molar-refractivity contribution in [3.8, 4) is 11.8 Å². The third-order valence-electron chi connectivity index (χ3n) is 4.36. The number of aromatic nitrogens is 1. The first-order valence-electron chi connectivity index (χ1n) is 7.33. The second-order valence-corrected chi connectivity index (χ2v) is 5.67. The van der Waals surface area contributed by atoms with E-state index in [-0.39, 0.29) is 16.9 Å². The molecular formula is C18H16N2O2. The van der Waals surface area contributed by atoms with Crippen molar-refractivity contribution in [1.29, 1.82) is 5.26 Å². The van der Waals surface area contributed by atoms with Crippen LogP contribution in [-0.4, -0.2) is 10.4 Å². The lowest BCUT2D eigenvalue weighted by atomic mass is 9.92. The zero-order chi connectivity index (χ0) is 15.9. The van der Waals surface area contributed by atoms with Crippen LogP contribution >= 0.6 is 0 Å². The molecule has 1 aliphatic rings. The maximum atomic E-state index is 12.7. The van der Waals surface area contributed by atoms with E-state index < -0.39 is 0 Å². The van der Waals surface area contributed by atoms with E-state index >= 15 is 0 Å². The average molecular weight is 292 g/mol. The Bertz CT molecular complexity index is 885. The predicted octanol–water partition coefficient (Wildman–Crippen LogP) is 2.85. The summed E-state index contributed by atoms with van der Waals surface area (Å²) < 4.78 is 1.56. The molecule has 1 aromatic heterocycles. The van der Waals surface area contributed by atoms with Gasteiger partial charge in [0.1, 0.15) is 11.6 Å². The molecule has 0 radical (unpaired) electrons. The van der Waals surface area contributed by atoms with Crippen molar-refractivity contribution >= 4 is 5.78 Å². The van der Waals surface area contributed by atoms with Gasteiger partial charge in [-0.25, -0.2) is 0 Å². The second-order valence-electron chi connectivity index (χ2n) is 5.67. The highest BCUT2D eigenvalue weighted by Gasteiger charge is 2.24. The molecule has 0 amide bonds. The van der Waals surface area contributed by atoms with Crippen LogP contribution in [0.1, 0.15) is 45.6 Å². The number of pyridine rings is 1. The van der Waals surface area contributed by atoms with E-state index in [1.165, 1.54) is 6.07 Å². The number of Topliss-reactive ketones (excluding diaryl/α,β-unsaturated/α-hetero) is 1. The number of benzene rings is 1. The summed E-state index contributed by atoms with van der Waals surface area (Å²) in [6.07, 6.45) is 1.89. The summed E-state index contributed by atoms with van der Waals surface area (Å²) in [5.74, 6) is 0.0109. The van der Waals surface area contributed by atoms with Crippen LogP contribution in [0.3, 0.4) is 0 Å². The number of nitriles is 1. The summed E-state index contributed by atoms with van der Waals surface area (Å²) in [5, 5.41) is 9.23. The van der Waals surface area contributed by atoms with E-state index in [1.54, 1.807) is 4.57 Å². The van der Waals surface area contributed by atoms with Gasteiger partial charge in [0.15, 0.2) is 5.78 Å². The summed E-state index contributed by atoms with van der Waals surface area (Å²) in [7, 11) is 0. The maximum Gasteiger partial charge on any atom is 0.273 e. The van der Waals surface area contributed by atoms with Gasteiger partial charge in [-0.15, -0.1) is 0 Å². The van der Waals surface area contributed by atoms with E-state index in [0.29, 0.717) is 18.4 Å². The Morgan fingerprint density at radius 1 is 1.18 bits per heavy atom. The molecule has 0 atom stereocenters. The van der Waals surface area contributed by atoms with Crippen molar-refractivity contribution in [2.24, 2.45) is 0 Å². The van der Waals surface area contributed by atoms with Crippen LogP contribution in [0.15, 0.2) is 29.1 Å². The highest BCUT2D eigenvalue weighted by Crippen LogP contribution is 2.25. The average Bonchev–Trinajstić information content (AvgIpc) is 2.51. The lowest BCUT2D eigenvalue weighted by Crippen LogP contribution is -2.29. The van der Waals surface area contributed by atoms with Crippen molar-refractivity contribution in [3.05, 3.63) is 62.6 Å². The fourth-order valence-electron chi connectivity index (χ4n) is 3.00. The van der Waals surface area contributed by atoms with Gasteiger partial charge in [0.2, 0.25) is 0 Å². The molecule has 1 aliphatic carbocycles. The Morgan fingerprint density at radius 3 is 2.68 bits per heavy atom. The number of hydrogen-bond donors (Lipinski definition) is 0. The number of aryl methyl sites for hydroxylation is 1. The minimum Gasteiger partial charge on any atom is -0.294 e. The third kappa shape index (κ3) is 2.06.